The summed E-state index contributed by atoms with van der Waals surface area (Å²) in [5, 5.41) is 3.24. The van der Waals surface area contributed by atoms with E-state index in [1.807, 2.05) is 33.0 Å². The number of benzene rings is 1. The fourth-order valence-electron chi connectivity index (χ4n) is 2.20. The van der Waals surface area contributed by atoms with Gasteiger partial charge < -0.3 is 5.32 Å². The van der Waals surface area contributed by atoms with Crippen LogP contribution >= 0.6 is 0 Å². The van der Waals surface area contributed by atoms with E-state index in [0.29, 0.717) is 0 Å². The highest BCUT2D eigenvalue weighted by Gasteiger charge is 2.17. The molecule has 0 aliphatic rings. The van der Waals surface area contributed by atoms with Crippen molar-refractivity contribution in [3.05, 3.63) is 64.7 Å². The van der Waals surface area contributed by atoms with Crippen molar-refractivity contribution in [3.63, 3.8) is 0 Å². The SMILES string of the molecule is CNC(c1cc(F)ccc1C)c1cccnc1C. The molecule has 1 atom stereocenters. The number of nitrogens with one attached hydrogen (secondary N) is 1. The van der Waals surface area contributed by atoms with Crippen molar-refractivity contribution in [2.45, 2.75) is 19.9 Å². The van der Waals surface area contributed by atoms with E-state index in [1.165, 1.54) is 6.07 Å². The Hall–Kier alpha value is -1.74. The average molecular weight is 244 g/mol. The zero-order valence-electron chi connectivity index (χ0n) is 10.9. The largest absolute Gasteiger partial charge is 0.309 e. The Labute approximate surface area is 107 Å². The topological polar surface area (TPSA) is 24.9 Å². The van der Waals surface area contributed by atoms with E-state index in [9.17, 15) is 4.39 Å². The first-order valence-electron chi connectivity index (χ1n) is 5.98. The van der Waals surface area contributed by atoms with E-state index < -0.39 is 0 Å². The van der Waals surface area contributed by atoms with Gasteiger partial charge in [0.2, 0.25) is 0 Å². The molecule has 0 amide bonds. The Morgan fingerprint density at radius 2 is 1.94 bits per heavy atom. The van der Waals surface area contributed by atoms with Gasteiger partial charge in [-0.05, 0) is 55.8 Å². The molecule has 1 unspecified atom stereocenters. The Morgan fingerprint density at radius 1 is 1.17 bits per heavy atom. The Kier molecular flexibility index (Phi) is 3.72. The number of nitrogens with zero attached hydrogens (tertiary/aromatic N) is 1. The molecular weight excluding hydrogens is 227 g/mol. The molecule has 2 aromatic rings. The lowest BCUT2D eigenvalue weighted by Gasteiger charge is -2.20. The number of hydrogen-bond acceptors (Lipinski definition) is 2. The highest BCUT2D eigenvalue weighted by Crippen LogP contribution is 2.26. The molecule has 0 spiro atoms. The number of pyridine rings is 1. The first-order valence-corrected chi connectivity index (χ1v) is 5.98. The molecule has 1 heterocycles. The molecule has 1 aromatic heterocycles. The van der Waals surface area contributed by atoms with Crippen molar-refractivity contribution < 1.29 is 4.39 Å². The van der Waals surface area contributed by atoms with Crippen molar-refractivity contribution in [2.75, 3.05) is 7.05 Å². The molecule has 2 nitrogen and oxygen atoms in total. The van der Waals surface area contributed by atoms with E-state index in [2.05, 4.69) is 10.3 Å². The maximum absolute atomic E-state index is 13.4. The number of rotatable bonds is 3. The minimum Gasteiger partial charge on any atom is -0.309 e. The van der Waals surface area contributed by atoms with Crippen LogP contribution in [0.2, 0.25) is 0 Å². The summed E-state index contributed by atoms with van der Waals surface area (Å²) in [6.07, 6.45) is 1.77. The van der Waals surface area contributed by atoms with E-state index >= 15 is 0 Å². The fourth-order valence-corrected chi connectivity index (χ4v) is 2.20. The predicted octanol–water partition coefficient (Wildman–Crippen LogP) is 3.15. The quantitative estimate of drug-likeness (QED) is 0.897. The van der Waals surface area contributed by atoms with Crippen LogP contribution < -0.4 is 5.32 Å². The second kappa shape index (κ2) is 5.27. The van der Waals surface area contributed by atoms with Gasteiger partial charge in [-0.3, -0.25) is 4.98 Å². The molecule has 1 aromatic carbocycles. The van der Waals surface area contributed by atoms with Crippen molar-refractivity contribution in [1.82, 2.24) is 10.3 Å². The first kappa shape index (κ1) is 12.7. The third kappa shape index (κ3) is 2.41. The Bertz CT molecular complexity index is 552. The van der Waals surface area contributed by atoms with Gasteiger partial charge in [0, 0.05) is 11.9 Å². The van der Waals surface area contributed by atoms with Crippen molar-refractivity contribution >= 4 is 0 Å². The molecule has 0 saturated heterocycles. The van der Waals surface area contributed by atoms with Gasteiger partial charge in [0.1, 0.15) is 5.82 Å². The second-order valence-electron chi connectivity index (χ2n) is 4.40. The Balaban J connectivity index is 2.52. The number of aromatic nitrogens is 1. The van der Waals surface area contributed by atoms with Gasteiger partial charge in [0.15, 0.2) is 0 Å². The molecule has 0 radical (unpaired) electrons. The number of hydrogen-bond donors (Lipinski definition) is 1. The monoisotopic (exact) mass is 244 g/mol. The first-order chi connectivity index (χ1) is 8.63. The van der Waals surface area contributed by atoms with Crippen LogP contribution in [0.25, 0.3) is 0 Å². The standard InChI is InChI=1S/C15H17FN2/c1-10-6-7-12(16)9-14(10)15(17-3)13-5-4-8-18-11(13)2/h4-9,15,17H,1-3H3. The summed E-state index contributed by atoms with van der Waals surface area (Å²) in [7, 11) is 1.88. The van der Waals surface area contributed by atoms with Crippen LogP contribution in [0.5, 0.6) is 0 Å². The third-order valence-corrected chi connectivity index (χ3v) is 3.20. The molecule has 1 N–H and O–H groups in total. The van der Waals surface area contributed by atoms with Crippen LogP contribution in [0, 0.1) is 19.7 Å². The van der Waals surface area contributed by atoms with Crippen LogP contribution in [0.4, 0.5) is 4.39 Å². The lowest BCUT2D eigenvalue weighted by Crippen LogP contribution is -2.20. The smallest absolute Gasteiger partial charge is 0.123 e. The summed E-state index contributed by atoms with van der Waals surface area (Å²) >= 11 is 0. The van der Waals surface area contributed by atoms with Crippen molar-refractivity contribution in [1.29, 1.82) is 0 Å². The molecule has 0 aliphatic carbocycles. The lowest BCUT2D eigenvalue weighted by molar-refractivity contribution is 0.614. The van der Waals surface area contributed by atoms with E-state index in [-0.39, 0.29) is 11.9 Å². The van der Waals surface area contributed by atoms with Gasteiger partial charge in [-0.25, -0.2) is 4.39 Å². The van der Waals surface area contributed by atoms with E-state index in [4.69, 9.17) is 0 Å². The Morgan fingerprint density at radius 3 is 2.61 bits per heavy atom. The van der Waals surface area contributed by atoms with Crippen LogP contribution in [0.15, 0.2) is 36.5 Å². The highest BCUT2D eigenvalue weighted by molar-refractivity contribution is 5.38. The molecule has 18 heavy (non-hydrogen) atoms. The summed E-state index contributed by atoms with van der Waals surface area (Å²) in [6.45, 7) is 3.96. The number of halogens is 1. The third-order valence-electron chi connectivity index (χ3n) is 3.20. The van der Waals surface area contributed by atoms with E-state index in [0.717, 1.165) is 22.4 Å². The normalized spacial score (nSPS) is 12.4. The van der Waals surface area contributed by atoms with E-state index in [1.54, 1.807) is 18.3 Å². The molecular formula is C15H17FN2. The van der Waals surface area contributed by atoms with Crippen molar-refractivity contribution in [2.24, 2.45) is 0 Å². The van der Waals surface area contributed by atoms with Crippen LogP contribution in [-0.4, -0.2) is 12.0 Å². The summed E-state index contributed by atoms with van der Waals surface area (Å²) in [6, 6.07) is 8.77. The van der Waals surface area contributed by atoms with Crippen LogP contribution in [0.1, 0.15) is 28.4 Å². The fraction of sp³-hybridized carbons (Fsp3) is 0.267. The summed E-state index contributed by atoms with van der Waals surface area (Å²) in [4.78, 5) is 4.29. The molecule has 0 fully saturated rings. The summed E-state index contributed by atoms with van der Waals surface area (Å²) in [5.74, 6) is -0.211. The summed E-state index contributed by atoms with van der Waals surface area (Å²) in [5.41, 5.74) is 4.06. The second-order valence-corrected chi connectivity index (χ2v) is 4.40. The highest BCUT2D eigenvalue weighted by atomic mass is 19.1. The molecule has 0 aliphatic heterocycles. The minimum absolute atomic E-state index is 0.0330. The molecule has 0 bridgehead atoms. The minimum atomic E-state index is -0.211. The van der Waals surface area contributed by atoms with Gasteiger partial charge in [-0.1, -0.05) is 12.1 Å². The number of aryl methyl sites for hydroxylation is 2. The molecule has 0 saturated carbocycles. The summed E-state index contributed by atoms with van der Waals surface area (Å²) < 4.78 is 13.4. The van der Waals surface area contributed by atoms with Gasteiger partial charge in [0.05, 0.1) is 6.04 Å². The van der Waals surface area contributed by atoms with Crippen molar-refractivity contribution in [3.8, 4) is 0 Å². The van der Waals surface area contributed by atoms with Crippen LogP contribution in [0.3, 0.4) is 0 Å². The van der Waals surface area contributed by atoms with Crippen LogP contribution in [-0.2, 0) is 0 Å². The van der Waals surface area contributed by atoms with Gasteiger partial charge >= 0.3 is 0 Å². The lowest BCUT2D eigenvalue weighted by atomic mass is 9.94. The van der Waals surface area contributed by atoms with Gasteiger partial charge in [-0.2, -0.15) is 0 Å². The maximum Gasteiger partial charge on any atom is 0.123 e. The maximum atomic E-state index is 13.4. The molecule has 2 rings (SSSR count). The molecule has 94 valence electrons. The zero-order valence-corrected chi connectivity index (χ0v) is 10.9. The molecule has 3 heteroatoms. The van der Waals surface area contributed by atoms with Gasteiger partial charge in [0.25, 0.3) is 0 Å². The zero-order chi connectivity index (χ0) is 13.1. The average Bonchev–Trinajstić information content (AvgIpc) is 2.36. The van der Waals surface area contributed by atoms with Gasteiger partial charge in [-0.15, -0.1) is 0 Å². The predicted molar refractivity (Wildman–Crippen MR) is 71.0 cm³/mol.